The molecule has 0 saturated carbocycles. The van der Waals surface area contributed by atoms with E-state index in [0.29, 0.717) is 6.07 Å². The Morgan fingerprint density at radius 1 is 1.08 bits per heavy atom. The second-order valence-electron chi connectivity index (χ2n) is 5.57. The lowest BCUT2D eigenvalue weighted by molar-refractivity contribution is 0.00893. The van der Waals surface area contributed by atoms with Crippen LogP contribution in [0.2, 0.25) is 0 Å². The molecule has 140 valence electrons. The van der Waals surface area contributed by atoms with Gasteiger partial charge in [0.05, 0.1) is 13.2 Å². The third kappa shape index (κ3) is 4.87. The number of ether oxygens (including phenoxy) is 1. The quantitative estimate of drug-likeness (QED) is 0.552. The van der Waals surface area contributed by atoms with Gasteiger partial charge in [0.2, 0.25) is 0 Å². The Morgan fingerprint density at radius 2 is 1.81 bits per heavy atom. The first-order valence-electron chi connectivity index (χ1n) is 7.64. The Hall–Kier alpha value is -2.29. The maximum Gasteiger partial charge on any atom is 0.188 e. The van der Waals surface area contributed by atoms with Gasteiger partial charge in [0.25, 0.3) is 0 Å². The van der Waals surface area contributed by atoms with Crippen LogP contribution in [0.15, 0.2) is 30.3 Å². The van der Waals surface area contributed by atoms with E-state index < -0.39 is 54.8 Å². The Kier molecular flexibility index (Phi) is 6.84. The van der Waals surface area contributed by atoms with Crippen LogP contribution in [0.1, 0.15) is 21.5 Å². The molecule has 0 unspecified atom stereocenters. The van der Waals surface area contributed by atoms with Crippen LogP contribution in [0.3, 0.4) is 0 Å². The molecule has 1 atom stereocenters. The highest BCUT2D eigenvalue weighted by Crippen LogP contribution is 2.23. The first kappa shape index (κ1) is 20.0. The molecular weight excluding hydrogens is 356 g/mol. The van der Waals surface area contributed by atoms with Crippen LogP contribution < -0.4 is 0 Å². The summed E-state index contributed by atoms with van der Waals surface area (Å²) >= 11 is 0. The highest BCUT2D eigenvalue weighted by atomic mass is 19.2. The third-order valence-corrected chi connectivity index (χ3v) is 3.63. The van der Waals surface area contributed by atoms with Crippen molar-refractivity contribution in [3.8, 4) is 0 Å². The molecule has 0 heterocycles. The summed E-state index contributed by atoms with van der Waals surface area (Å²) in [5, 5.41) is 17.8. The number of Topliss-reactive ketones (excluding diaryl/α,β-unsaturated/α-hetero) is 1. The van der Waals surface area contributed by atoms with Crippen molar-refractivity contribution in [3.63, 3.8) is 0 Å². The SMILES string of the molecule is O=C(COC[C@@H](O)CO)c1ccc(F)c(F)c1Cc1ccc(F)cc1F. The van der Waals surface area contributed by atoms with E-state index in [2.05, 4.69) is 0 Å². The fraction of sp³-hybridized carbons (Fsp3) is 0.278. The minimum atomic E-state index is -1.31. The smallest absolute Gasteiger partial charge is 0.188 e. The minimum Gasteiger partial charge on any atom is -0.394 e. The summed E-state index contributed by atoms with van der Waals surface area (Å²) in [4.78, 5) is 12.2. The largest absolute Gasteiger partial charge is 0.394 e. The van der Waals surface area contributed by atoms with Gasteiger partial charge < -0.3 is 14.9 Å². The second-order valence-corrected chi connectivity index (χ2v) is 5.57. The van der Waals surface area contributed by atoms with Crippen LogP contribution in [0, 0.1) is 23.3 Å². The van der Waals surface area contributed by atoms with E-state index in [9.17, 15) is 22.4 Å². The summed E-state index contributed by atoms with van der Waals surface area (Å²) in [6, 6.07) is 4.46. The average Bonchev–Trinajstić information content (AvgIpc) is 2.60. The van der Waals surface area contributed by atoms with Crippen LogP contribution in [0.5, 0.6) is 0 Å². The number of carbonyl (C=O) groups excluding carboxylic acids is 1. The van der Waals surface area contributed by atoms with E-state index in [1.807, 2.05) is 0 Å². The maximum absolute atomic E-state index is 14.2. The van der Waals surface area contributed by atoms with Gasteiger partial charge in [-0.15, -0.1) is 0 Å². The first-order valence-corrected chi connectivity index (χ1v) is 7.64. The van der Waals surface area contributed by atoms with E-state index in [0.717, 1.165) is 24.3 Å². The molecule has 0 spiro atoms. The molecule has 0 aliphatic carbocycles. The number of carbonyl (C=O) groups is 1. The van der Waals surface area contributed by atoms with Crippen LogP contribution in [-0.4, -0.2) is 41.9 Å². The number of hydrogen-bond donors (Lipinski definition) is 2. The van der Waals surface area contributed by atoms with Gasteiger partial charge in [-0.25, -0.2) is 17.6 Å². The normalized spacial score (nSPS) is 12.2. The topological polar surface area (TPSA) is 66.8 Å². The molecule has 8 heteroatoms. The van der Waals surface area contributed by atoms with Gasteiger partial charge >= 0.3 is 0 Å². The maximum atomic E-state index is 14.2. The van der Waals surface area contributed by atoms with Gasteiger partial charge in [-0.1, -0.05) is 6.07 Å². The number of aliphatic hydroxyl groups is 2. The molecule has 0 aliphatic rings. The number of ketones is 1. The van der Waals surface area contributed by atoms with Crippen molar-refractivity contribution in [2.75, 3.05) is 19.8 Å². The standard InChI is InChI=1S/C18H16F4O4/c19-11-2-1-10(16(21)6-11)5-14-13(3-4-15(20)18(14)22)17(25)9-26-8-12(24)7-23/h1-4,6,12,23-24H,5,7-9H2/t12-/m0/s1. The van der Waals surface area contributed by atoms with Gasteiger partial charge in [0, 0.05) is 23.6 Å². The Balaban J connectivity index is 2.27. The van der Waals surface area contributed by atoms with Gasteiger partial charge in [0.15, 0.2) is 17.4 Å². The molecule has 0 aliphatic heterocycles. The Bertz CT molecular complexity index is 795. The summed E-state index contributed by atoms with van der Waals surface area (Å²) < 4.78 is 59.5. The number of rotatable bonds is 8. The molecule has 2 rings (SSSR count). The van der Waals surface area contributed by atoms with Crippen molar-refractivity contribution < 1.29 is 37.3 Å². The number of aliphatic hydroxyl groups excluding tert-OH is 2. The van der Waals surface area contributed by atoms with Crippen molar-refractivity contribution in [1.82, 2.24) is 0 Å². The molecule has 26 heavy (non-hydrogen) atoms. The summed E-state index contributed by atoms with van der Waals surface area (Å²) in [7, 11) is 0. The number of benzene rings is 2. The van der Waals surface area contributed by atoms with Crippen LogP contribution >= 0.6 is 0 Å². The molecule has 0 amide bonds. The fourth-order valence-electron chi connectivity index (χ4n) is 2.30. The zero-order chi connectivity index (χ0) is 19.3. The van der Waals surface area contributed by atoms with Gasteiger partial charge in [0.1, 0.15) is 24.3 Å². The molecular formula is C18H16F4O4. The summed E-state index contributed by atoms with van der Waals surface area (Å²) in [6.07, 6.45) is -1.64. The number of hydrogen-bond acceptors (Lipinski definition) is 4. The zero-order valence-corrected chi connectivity index (χ0v) is 13.5. The minimum absolute atomic E-state index is 0.110. The fourth-order valence-corrected chi connectivity index (χ4v) is 2.30. The van der Waals surface area contributed by atoms with Crippen LogP contribution in [0.25, 0.3) is 0 Å². The van der Waals surface area contributed by atoms with E-state index in [1.165, 1.54) is 0 Å². The van der Waals surface area contributed by atoms with Crippen molar-refractivity contribution in [2.24, 2.45) is 0 Å². The Morgan fingerprint density at radius 3 is 2.46 bits per heavy atom. The van der Waals surface area contributed by atoms with Crippen molar-refractivity contribution in [2.45, 2.75) is 12.5 Å². The average molecular weight is 372 g/mol. The summed E-state index contributed by atoms with van der Waals surface area (Å²) in [5.41, 5.74) is -0.709. The van der Waals surface area contributed by atoms with Crippen molar-refractivity contribution >= 4 is 5.78 Å². The molecule has 0 saturated heterocycles. The second kappa shape index (κ2) is 8.88. The van der Waals surface area contributed by atoms with Crippen molar-refractivity contribution in [3.05, 3.63) is 70.3 Å². The van der Waals surface area contributed by atoms with Crippen molar-refractivity contribution in [1.29, 1.82) is 0 Å². The number of halogens is 4. The summed E-state index contributed by atoms with van der Waals surface area (Å²) in [5.74, 6) is -5.01. The highest BCUT2D eigenvalue weighted by Gasteiger charge is 2.20. The predicted molar refractivity (Wildman–Crippen MR) is 83.8 cm³/mol. The van der Waals surface area contributed by atoms with Gasteiger partial charge in [-0.3, -0.25) is 4.79 Å². The molecule has 0 bridgehead atoms. The first-order chi connectivity index (χ1) is 12.3. The molecule has 0 fully saturated rings. The van der Waals surface area contributed by atoms with Gasteiger partial charge in [-0.2, -0.15) is 0 Å². The lowest BCUT2D eigenvalue weighted by Crippen LogP contribution is -2.22. The summed E-state index contributed by atoms with van der Waals surface area (Å²) in [6.45, 7) is -1.44. The molecule has 2 aromatic carbocycles. The molecule has 0 radical (unpaired) electrons. The van der Waals surface area contributed by atoms with Crippen LogP contribution in [0.4, 0.5) is 17.6 Å². The molecule has 2 aromatic rings. The molecule has 0 aromatic heterocycles. The predicted octanol–water partition coefficient (Wildman–Crippen LogP) is 2.39. The van der Waals surface area contributed by atoms with Gasteiger partial charge in [-0.05, 0) is 23.8 Å². The third-order valence-electron chi connectivity index (χ3n) is 3.63. The van der Waals surface area contributed by atoms with E-state index in [4.69, 9.17) is 14.9 Å². The van der Waals surface area contributed by atoms with E-state index >= 15 is 0 Å². The van der Waals surface area contributed by atoms with E-state index in [-0.39, 0.29) is 23.3 Å². The van der Waals surface area contributed by atoms with Crippen LogP contribution in [-0.2, 0) is 11.2 Å². The zero-order valence-electron chi connectivity index (χ0n) is 13.5. The Labute approximate surface area is 146 Å². The lowest BCUT2D eigenvalue weighted by Gasteiger charge is -2.13. The molecule has 2 N–H and O–H groups in total. The lowest BCUT2D eigenvalue weighted by atomic mass is 9.96. The molecule has 4 nitrogen and oxygen atoms in total. The highest BCUT2D eigenvalue weighted by molar-refractivity contribution is 5.98. The monoisotopic (exact) mass is 372 g/mol. The van der Waals surface area contributed by atoms with E-state index in [1.54, 1.807) is 0 Å².